The van der Waals surface area contributed by atoms with Gasteiger partial charge in [-0.2, -0.15) is 0 Å². The lowest BCUT2D eigenvalue weighted by Gasteiger charge is -2.09. The number of rotatable bonds is 3. The molecule has 0 N–H and O–H groups in total. The maximum atomic E-state index is 6.12. The maximum absolute atomic E-state index is 6.12. The SMILES string of the molecule is Cc1cc(C=Nc2ccc(I)cc2)c(C)n1-c1cccc(Cl)c1. The first-order chi connectivity index (χ1) is 11.0. The molecule has 0 aliphatic carbocycles. The normalized spacial score (nSPS) is 11.3. The van der Waals surface area contributed by atoms with E-state index in [1.165, 1.54) is 3.57 Å². The third-order valence-electron chi connectivity index (χ3n) is 3.72. The Balaban J connectivity index is 1.96. The average Bonchev–Trinajstić information content (AvgIpc) is 2.81. The zero-order chi connectivity index (χ0) is 16.4. The molecule has 3 aromatic rings. The Morgan fingerprint density at radius 2 is 1.78 bits per heavy atom. The van der Waals surface area contributed by atoms with Gasteiger partial charge in [0.1, 0.15) is 0 Å². The predicted octanol–water partition coefficient (Wildman–Crippen LogP) is 6.10. The molecule has 0 unspecified atom stereocenters. The third-order valence-corrected chi connectivity index (χ3v) is 4.67. The van der Waals surface area contributed by atoms with Crippen LogP contribution in [0.2, 0.25) is 5.02 Å². The first-order valence-electron chi connectivity index (χ1n) is 7.29. The molecule has 2 aromatic carbocycles. The summed E-state index contributed by atoms with van der Waals surface area (Å²) in [5.41, 5.74) is 5.45. The van der Waals surface area contributed by atoms with Crippen molar-refractivity contribution in [3.8, 4) is 5.69 Å². The summed E-state index contributed by atoms with van der Waals surface area (Å²) in [7, 11) is 0. The summed E-state index contributed by atoms with van der Waals surface area (Å²) in [4.78, 5) is 4.58. The van der Waals surface area contributed by atoms with Crippen molar-refractivity contribution in [1.29, 1.82) is 0 Å². The molecule has 0 bridgehead atoms. The van der Waals surface area contributed by atoms with E-state index in [1.807, 2.05) is 36.5 Å². The molecule has 1 aromatic heterocycles. The number of nitrogens with zero attached hydrogens (tertiary/aromatic N) is 2. The zero-order valence-corrected chi connectivity index (χ0v) is 15.8. The van der Waals surface area contributed by atoms with Crippen molar-refractivity contribution in [2.75, 3.05) is 0 Å². The van der Waals surface area contributed by atoms with Gasteiger partial charge in [-0.1, -0.05) is 17.7 Å². The predicted molar refractivity (Wildman–Crippen MR) is 107 cm³/mol. The van der Waals surface area contributed by atoms with E-state index in [4.69, 9.17) is 11.6 Å². The zero-order valence-electron chi connectivity index (χ0n) is 12.9. The van der Waals surface area contributed by atoms with Gasteiger partial charge in [-0.05, 0) is 85.0 Å². The number of aryl methyl sites for hydroxylation is 1. The summed E-state index contributed by atoms with van der Waals surface area (Å²) in [5.74, 6) is 0. The monoisotopic (exact) mass is 434 g/mol. The number of benzene rings is 2. The minimum atomic E-state index is 0.740. The highest BCUT2D eigenvalue weighted by atomic mass is 127. The van der Waals surface area contributed by atoms with E-state index in [1.54, 1.807) is 0 Å². The van der Waals surface area contributed by atoms with Gasteiger partial charge in [-0.15, -0.1) is 0 Å². The Bertz CT molecular complexity index is 864. The highest BCUT2D eigenvalue weighted by molar-refractivity contribution is 14.1. The number of aromatic nitrogens is 1. The van der Waals surface area contributed by atoms with Gasteiger partial charge in [-0.25, -0.2) is 0 Å². The topological polar surface area (TPSA) is 17.3 Å². The van der Waals surface area contributed by atoms with Crippen molar-refractivity contribution in [3.63, 3.8) is 0 Å². The summed E-state index contributed by atoms with van der Waals surface area (Å²) >= 11 is 8.41. The third kappa shape index (κ3) is 3.67. The van der Waals surface area contributed by atoms with Gasteiger partial charge in [0.2, 0.25) is 0 Å². The van der Waals surface area contributed by atoms with Crippen LogP contribution in [0.4, 0.5) is 5.69 Å². The molecule has 0 spiro atoms. The van der Waals surface area contributed by atoms with Crippen molar-refractivity contribution in [2.45, 2.75) is 13.8 Å². The standard InChI is InChI=1S/C19H16ClIN2/c1-13-10-15(12-22-18-8-6-17(21)7-9-18)14(2)23(13)19-5-3-4-16(20)11-19/h3-12H,1-2H3. The summed E-state index contributed by atoms with van der Waals surface area (Å²) in [6.45, 7) is 4.19. The lowest BCUT2D eigenvalue weighted by molar-refractivity contribution is 0.965. The molecule has 0 radical (unpaired) electrons. The molecule has 116 valence electrons. The lowest BCUT2D eigenvalue weighted by atomic mass is 10.2. The van der Waals surface area contributed by atoms with Crippen LogP contribution >= 0.6 is 34.2 Å². The molecule has 0 saturated carbocycles. The average molecular weight is 435 g/mol. The van der Waals surface area contributed by atoms with Crippen molar-refractivity contribution in [2.24, 2.45) is 4.99 Å². The molecule has 2 nitrogen and oxygen atoms in total. The van der Waals surface area contributed by atoms with Gasteiger partial charge in [0, 0.05) is 37.4 Å². The summed E-state index contributed by atoms with van der Waals surface area (Å²) in [5, 5.41) is 0.740. The Morgan fingerprint density at radius 3 is 2.48 bits per heavy atom. The van der Waals surface area contributed by atoms with Crippen molar-refractivity contribution in [1.82, 2.24) is 4.57 Å². The van der Waals surface area contributed by atoms with E-state index in [9.17, 15) is 0 Å². The second-order valence-corrected chi connectivity index (χ2v) is 7.06. The first-order valence-corrected chi connectivity index (χ1v) is 8.75. The van der Waals surface area contributed by atoms with Crippen LogP contribution in [0.1, 0.15) is 17.0 Å². The molecule has 0 aliphatic rings. The van der Waals surface area contributed by atoms with Crippen LogP contribution in [0, 0.1) is 17.4 Å². The molecular weight excluding hydrogens is 419 g/mol. The summed E-state index contributed by atoms with van der Waals surface area (Å²) in [6.07, 6.45) is 1.92. The van der Waals surface area contributed by atoms with Crippen LogP contribution in [0.15, 0.2) is 59.6 Å². The Kier molecular flexibility index (Phi) is 4.87. The van der Waals surface area contributed by atoms with Gasteiger partial charge < -0.3 is 4.57 Å². The van der Waals surface area contributed by atoms with Gasteiger partial charge >= 0.3 is 0 Å². The Hall–Kier alpha value is -1.59. The molecule has 0 aliphatic heterocycles. The molecule has 1 heterocycles. The molecule has 0 atom stereocenters. The van der Waals surface area contributed by atoms with E-state index in [0.29, 0.717) is 0 Å². The fourth-order valence-electron chi connectivity index (χ4n) is 2.60. The first kappa shape index (κ1) is 16.3. The highest BCUT2D eigenvalue weighted by Crippen LogP contribution is 2.23. The Labute approximate surface area is 155 Å². The van der Waals surface area contributed by atoms with Crippen molar-refractivity contribution >= 4 is 46.1 Å². The molecule has 3 rings (SSSR count). The van der Waals surface area contributed by atoms with Crippen molar-refractivity contribution in [3.05, 3.63) is 80.1 Å². The second-order valence-electron chi connectivity index (χ2n) is 5.38. The van der Waals surface area contributed by atoms with Crippen LogP contribution < -0.4 is 0 Å². The fourth-order valence-corrected chi connectivity index (χ4v) is 3.15. The quantitative estimate of drug-likeness (QED) is 0.350. The molecule has 0 saturated heterocycles. The van der Waals surface area contributed by atoms with Crippen LogP contribution in [-0.4, -0.2) is 10.8 Å². The number of aliphatic imine (C=N–C) groups is 1. The summed E-state index contributed by atoms with van der Waals surface area (Å²) < 4.78 is 3.40. The van der Waals surface area contributed by atoms with E-state index in [0.717, 1.165) is 33.3 Å². The molecule has 0 fully saturated rings. The lowest BCUT2D eigenvalue weighted by Crippen LogP contribution is -1.99. The van der Waals surface area contributed by atoms with Crippen LogP contribution in [0.3, 0.4) is 0 Å². The Morgan fingerprint density at radius 1 is 1.04 bits per heavy atom. The highest BCUT2D eigenvalue weighted by Gasteiger charge is 2.09. The van der Waals surface area contributed by atoms with Crippen molar-refractivity contribution < 1.29 is 0 Å². The maximum Gasteiger partial charge on any atom is 0.0630 e. The molecular formula is C19H16ClIN2. The van der Waals surface area contributed by atoms with Gasteiger partial charge in [-0.3, -0.25) is 4.99 Å². The van der Waals surface area contributed by atoms with Crippen LogP contribution in [0.25, 0.3) is 5.69 Å². The second kappa shape index (κ2) is 6.89. The summed E-state index contributed by atoms with van der Waals surface area (Å²) in [6, 6.07) is 18.2. The van der Waals surface area contributed by atoms with Crippen LogP contribution in [0.5, 0.6) is 0 Å². The van der Waals surface area contributed by atoms with Gasteiger partial charge in [0.05, 0.1) is 5.69 Å². The van der Waals surface area contributed by atoms with E-state index >= 15 is 0 Å². The minimum Gasteiger partial charge on any atom is -0.318 e. The molecule has 0 amide bonds. The van der Waals surface area contributed by atoms with E-state index in [-0.39, 0.29) is 0 Å². The van der Waals surface area contributed by atoms with Gasteiger partial charge in [0.15, 0.2) is 0 Å². The number of halogens is 2. The number of hydrogen-bond acceptors (Lipinski definition) is 1. The van der Waals surface area contributed by atoms with E-state index in [2.05, 4.69) is 70.3 Å². The fraction of sp³-hybridized carbons (Fsp3) is 0.105. The van der Waals surface area contributed by atoms with Gasteiger partial charge in [0.25, 0.3) is 0 Å². The van der Waals surface area contributed by atoms with Crippen LogP contribution in [-0.2, 0) is 0 Å². The number of hydrogen-bond donors (Lipinski definition) is 0. The smallest absolute Gasteiger partial charge is 0.0630 e. The van der Waals surface area contributed by atoms with E-state index < -0.39 is 0 Å². The molecule has 4 heteroatoms. The largest absolute Gasteiger partial charge is 0.318 e. The minimum absolute atomic E-state index is 0.740. The molecule has 23 heavy (non-hydrogen) atoms.